The molecule has 1 fully saturated rings. The molecule has 0 aliphatic carbocycles. The second kappa shape index (κ2) is 6.94. The van der Waals surface area contributed by atoms with Crippen LogP contribution in [0.3, 0.4) is 0 Å². The number of benzene rings is 1. The van der Waals surface area contributed by atoms with Crippen LogP contribution in [0.2, 0.25) is 0 Å². The molecule has 21 heavy (non-hydrogen) atoms. The second-order valence-corrected chi connectivity index (χ2v) is 6.65. The van der Waals surface area contributed by atoms with Crippen molar-refractivity contribution < 1.29 is 9.53 Å². The van der Waals surface area contributed by atoms with Crippen LogP contribution in [0.15, 0.2) is 24.3 Å². The minimum Gasteiger partial charge on any atom is -0.483 e. The molecule has 2 rings (SSSR count). The molecule has 2 N–H and O–H groups in total. The van der Waals surface area contributed by atoms with Gasteiger partial charge in [-0.15, -0.1) is 0 Å². The van der Waals surface area contributed by atoms with Gasteiger partial charge in [0, 0.05) is 12.6 Å². The third kappa shape index (κ3) is 4.74. The fourth-order valence-electron chi connectivity index (χ4n) is 2.60. The molecule has 1 aliphatic heterocycles. The molecule has 116 valence electrons. The van der Waals surface area contributed by atoms with Crippen LogP contribution < -0.4 is 15.4 Å². The average molecular weight is 290 g/mol. The highest BCUT2D eigenvalue weighted by Gasteiger charge is 2.20. The minimum absolute atomic E-state index is 0.000356. The summed E-state index contributed by atoms with van der Waals surface area (Å²) >= 11 is 0. The molecule has 1 atom stereocenters. The summed E-state index contributed by atoms with van der Waals surface area (Å²) in [5.41, 5.74) is 1.12. The fourth-order valence-corrected chi connectivity index (χ4v) is 2.60. The lowest BCUT2D eigenvalue weighted by Gasteiger charge is -2.25. The minimum atomic E-state index is -0.0487. The predicted molar refractivity (Wildman–Crippen MR) is 84.7 cm³/mol. The Hall–Kier alpha value is -1.55. The largest absolute Gasteiger partial charge is 0.483 e. The molecule has 1 heterocycles. The van der Waals surface area contributed by atoms with Gasteiger partial charge in [-0.05, 0) is 36.4 Å². The molecule has 1 aliphatic rings. The Morgan fingerprint density at radius 1 is 1.38 bits per heavy atom. The van der Waals surface area contributed by atoms with Crippen molar-refractivity contribution >= 4 is 5.91 Å². The van der Waals surface area contributed by atoms with E-state index in [0.29, 0.717) is 0 Å². The average Bonchev–Trinajstić information content (AvgIpc) is 2.45. The lowest BCUT2D eigenvalue weighted by molar-refractivity contribution is -0.123. The summed E-state index contributed by atoms with van der Waals surface area (Å²) < 4.78 is 5.73. The van der Waals surface area contributed by atoms with Crippen molar-refractivity contribution in [3.05, 3.63) is 29.8 Å². The van der Waals surface area contributed by atoms with E-state index in [1.54, 1.807) is 0 Å². The Kier molecular flexibility index (Phi) is 5.23. The van der Waals surface area contributed by atoms with Gasteiger partial charge in [0.1, 0.15) is 5.75 Å². The molecule has 1 amide bonds. The fraction of sp³-hybridized carbons (Fsp3) is 0.588. The first-order valence-corrected chi connectivity index (χ1v) is 7.69. The van der Waals surface area contributed by atoms with Gasteiger partial charge >= 0.3 is 0 Å². The van der Waals surface area contributed by atoms with Gasteiger partial charge in [-0.2, -0.15) is 0 Å². The van der Waals surface area contributed by atoms with Gasteiger partial charge in [-0.1, -0.05) is 39.0 Å². The van der Waals surface area contributed by atoms with Gasteiger partial charge in [0.15, 0.2) is 6.61 Å². The van der Waals surface area contributed by atoms with Crippen LogP contribution in [0.1, 0.15) is 39.2 Å². The van der Waals surface area contributed by atoms with E-state index in [2.05, 4.69) is 37.5 Å². The van der Waals surface area contributed by atoms with E-state index >= 15 is 0 Å². The Morgan fingerprint density at radius 2 is 2.14 bits per heavy atom. The Bertz CT molecular complexity index is 474. The van der Waals surface area contributed by atoms with Gasteiger partial charge in [-0.25, -0.2) is 0 Å². The summed E-state index contributed by atoms with van der Waals surface area (Å²) in [4.78, 5) is 12.0. The number of hydrogen-bond donors (Lipinski definition) is 2. The number of ether oxygens (including phenoxy) is 1. The van der Waals surface area contributed by atoms with E-state index in [-0.39, 0.29) is 24.0 Å². The third-order valence-corrected chi connectivity index (χ3v) is 3.72. The van der Waals surface area contributed by atoms with E-state index in [9.17, 15) is 4.79 Å². The van der Waals surface area contributed by atoms with Crippen LogP contribution in [0.25, 0.3) is 0 Å². The maximum atomic E-state index is 12.0. The summed E-state index contributed by atoms with van der Waals surface area (Å²) in [5, 5.41) is 6.31. The third-order valence-electron chi connectivity index (χ3n) is 3.72. The van der Waals surface area contributed by atoms with Crippen LogP contribution in [-0.4, -0.2) is 31.6 Å². The summed E-state index contributed by atoms with van der Waals surface area (Å²) in [5.74, 6) is 0.745. The lowest BCUT2D eigenvalue weighted by Crippen LogP contribution is -2.47. The maximum absolute atomic E-state index is 12.0. The number of carbonyl (C=O) groups excluding carboxylic acids is 1. The van der Waals surface area contributed by atoms with E-state index in [4.69, 9.17) is 4.74 Å². The molecule has 1 aromatic carbocycles. The number of carbonyl (C=O) groups is 1. The molecule has 1 saturated heterocycles. The number of nitrogens with one attached hydrogen (secondary N) is 2. The van der Waals surface area contributed by atoms with Crippen LogP contribution in [0, 0.1) is 0 Å². The molecule has 4 nitrogen and oxygen atoms in total. The Morgan fingerprint density at radius 3 is 2.81 bits per heavy atom. The zero-order valence-electron chi connectivity index (χ0n) is 13.2. The van der Waals surface area contributed by atoms with E-state index in [1.165, 1.54) is 0 Å². The Balaban J connectivity index is 1.89. The van der Waals surface area contributed by atoms with Gasteiger partial charge in [-0.3, -0.25) is 4.79 Å². The van der Waals surface area contributed by atoms with E-state index in [0.717, 1.165) is 37.2 Å². The molecule has 0 aromatic heterocycles. The molecular formula is C17H26N2O2. The molecule has 4 heteroatoms. The van der Waals surface area contributed by atoms with Crippen molar-refractivity contribution in [1.29, 1.82) is 0 Å². The standard InChI is InChI=1S/C17H26N2O2/c1-17(2,3)14-8-4-5-9-15(14)21-12-16(20)19-13-7-6-10-18-11-13/h4-5,8-9,13,18H,6-7,10-12H2,1-3H3,(H,19,20)/t13-/m0/s1. The Labute approximate surface area is 127 Å². The predicted octanol–water partition coefficient (Wildman–Crippen LogP) is 2.23. The van der Waals surface area contributed by atoms with Crippen molar-refractivity contribution in [2.45, 2.75) is 45.1 Å². The van der Waals surface area contributed by atoms with E-state index in [1.807, 2.05) is 18.2 Å². The first-order valence-electron chi connectivity index (χ1n) is 7.69. The van der Waals surface area contributed by atoms with Crippen LogP contribution in [0.5, 0.6) is 5.75 Å². The van der Waals surface area contributed by atoms with Crippen molar-refractivity contribution in [3.8, 4) is 5.75 Å². The first-order chi connectivity index (χ1) is 9.97. The van der Waals surface area contributed by atoms with Crippen molar-refractivity contribution in [3.63, 3.8) is 0 Å². The zero-order valence-corrected chi connectivity index (χ0v) is 13.2. The molecule has 0 bridgehead atoms. The monoisotopic (exact) mass is 290 g/mol. The van der Waals surface area contributed by atoms with Gasteiger partial charge in [0.25, 0.3) is 5.91 Å². The number of hydrogen-bond acceptors (Lipinski definition) is 3. The number of rotatable bonds is 4. The van der Waals surface area contributed by atoms with E-state index < -0.39 is 0 Å². The van der Waals surface area contributed by atoms with Crippen LogP contribution in [-0.2, 0) is 10.2 Å². The molecule has 0 unspecified atom stereocenters. The molecule has 1 aromatic rings. The lowest BCUT2D eigenvalue weighted by atomic mass is 9.86. The highest BCUT2D eigenvalue weighted by atomic mass is 16.5. The zero-order chi connectivity index (χ0) is 15.3. The molecule has 0 saturated carbocycles. The highest BCUT2D eigenvalue weighted by molar-refractivity contribution is 5.77. The highest BCUT2D eigenvalue weighted by Crippen LogP contribution is 2.30. The van der Waals surface area contributed by atoms with Gasteiger partial charge in [0.05, 0.1) is 0 Å². The summed E-state index contributed by atoms with van der Waals surface area (Å²) in [6, 6.07) is 8.15. The summed E-state index contributed by atoms with van der Waals surface area (Å²) in [6.07, 6.45) is 2.15. The van der Waals surface area contributed by atoms with Crippen molar-refractivity contribution in [2.24, 2.45) is 0 Å². The van der Waals surface area contributed by atoms with Crippen LogP contribution in [0.4, 0.5) is 0 Å². The number of piperidine rings is 1. The maximum Gasteiger partial charge on any atom is 0.258 e. The molecule has 0 radical (unpaired) electrons. The molecule has 0 spiro atoms. The SMILES string of the molecule is CC(C)(C)c1ccccc1OCC(=O)N[C@H]1CCCNC1. The quantitative estimate of drug-likeness (QED) is 0.894. The number of amides is 1. The number of para-hydroxylation sites is 1. The topological polar surface area (TPSA) is 50.4 Å². The second-order valence-electron chi connectivity index (χ2n) is 6.65. The smallest absolute Gasteiger partial charge is 0.258 e. The normalized spacial score (nSPS) is 19.1. The van der Waals surface area contributed by atoms with Crippen LogP contribution >= 0.6 is 0 Å². The van der Waals surface area contributed by atoms with Gasteiger partial charge < -0.3 is 15.4 Å². The van der Waals surface area contributed by atoms with Gasteiger partial charge in [0.2, 0.25) is 0 Å². The summed E-state index contributed by atoms with van der Waals surface area (Å²) in [6.45, 7) is 8.39. The first kappa shape index (κ1) is 15.8. The summed E-state index contributed by atoms with van der Waals surface area (Å²) in [7, 11) is 0. The van der Waals surface area contributed by atoms with Crippen molar-refractivity contribution in [1.82, 2.24) is 10.6 Å². The van der Waals surface area contributed by atoms with Crippen molar-refractivity contribution in [2.75, 3.05) is 19.7 Å². The molecular weight excluding hydrogens is 264 g/mol.